The molecule has 0 bridgehead atoms. The van der Waals surface area contributed by atoms with Gasteiger partial charge in [0.1, 0.15) is 17.9 Å². The highest BCUT2D eigenvalue weighted by atomic mass is 35.5. The fraction of sp³-hybridized carbons (Fsp3) is 0.286. The number of fused-ring (bicyclic) bond motifs is 4. The quantitative estimate of drug-likeness (QED) is 0.658. The summed E-state index contributed by atoms with van der Waals surface area (Å²) >= 11 is 6.24. The Bertz CT molecular complexity index is 1040. The Kier molecular flexibility index (Phi) is 3.66. The van der Waals surface area contributed by atoms with Gasteiger partial charge in [-0.25, -0.2) is 0 Å². The lowest BCUT2D eigenvalue weighted by Crippen LogP contribution is -2.99. The third-order valence-corrected chi connectivity index (χ3v) is 6.80. The van der Waals surface area contributed by atoms with Crippen LogP contribution in [-0.4, -0.2) is 23.8 Å². The molecule has 2 saturated heterocycles. The summed E-state index contributed by atoms with van der Waals surface area (Å²) in [6.07, 6.45) is 0.597. The van der Waals surface area contributed by atoms with Gasteiger partial charge >= 0.3 is 0 Å². The van der Waals surface area contributed by atoms with E-state index >= 15 is 0 Å². The third-order valence-electron chi connectivity index (χ3n) is 6.39. The third kappa shape index (κ3) is 2.16. The van der Waals surface area contributed by atoms with Crippen LogP contribution in [-0.2, 0) is 26.3 Å². The van der Waals surface area contributed by atoms with Gasteiger partial charge < -0.3 is 10.6 Å². The first-order valence-electron chi connectivity index (χ1n) is 9.29. The van der Waals surface area contributed by atoms with Gasteiger partial charge in [0, 0.05) is 17.0 Å². The zero-order valence-corrected chi connectivity index (χ0v) is 15.9. The summed E-state index contributed by atoms with van der Waals surface area (Å²) < 4.78 is 0. The van der Waals surface area contributed by atoms with Gasteiger partial charge in [0.25, 0.3) is 5.91 Å². The van der Waals surface area contributed by atoms with Crippen LogP contribution in [0.25, 0.3) is 0 Å². The lowest BCUT2D eigenvalue weighted by molar-refractivity contribution is -0.733. The van der Waals surface area contributed by atoms with Crippen molar-refractivity contribution in [2.75, 3.05) is 5.32 Å². The van der Waals surface area contributed by atoms with Gasteiger partial charge in [0.2, 0.25) is 17.4 Å². The van der Waals surface area contributed by atoms with Crippen LogP contribution < -0.4 is 16.0 Å². The molecule has 3 aliphatic heterocycles. The number of amides is 3. The number of imide groups is 1. The molecule has 0 aliphatic carbocycles. The van der Waals surface area contributed by atoms with Gasteiger partial charge in [-0.3, -0.25) is 19.7 Å². The number of carbonyl (C=O) groups excluding carboxylic acids is 3. The number of hydrogen-bond donors (Lipinski definition) is 3. The largest absolute Gasteiger partial charge is 0.326 e. The Hall–Kier alpha value is -2.70. The van der Waals surface area contributed by atoms with Crippen LogP contribution in [0.1, 0.15) is 16.7 Å². The van der Waals surface area contributed by atoms with Crippen molar-refractivity contribution >= 4 is 35.0 Å². The standard InChI is InChI=1S/C21H18ClN3O3/c1-10-13(22)8-7-12-17(10)23-20(28)21(12)16-15(18(26)24-19(16)27)14(25-21)9-11-5-3-2-4-6-11/h2-8,14-16,25H,9H2,1H3,(H,23,28)(H,24,26,27)/p+1/t14-,15-,16+,21-/m1/s1. The highest BCUT2D eigenvalue weighted by Gasteiger charge is 2.72. The van der Waals surface area contributed by atoms with E-state index in [1.807, 2.05) is 42.6 Å². The van der Waals surface area contributed by atoms with Gasteiger partial charge in [-0.2, -0.15) is 0 Å². The van der Waals surface area contributed by atoms with Gasteiger partial charge in [-0.1, -0.05) is 41.9 Å². The molecule has 7 heteroatoms. The minimum atomic E-state index is -1.15. The first kappa shape index (κ1) is 17.4. The number of benzene rings is 2. The SMILES string of the molecule is Cc1c(Cl)ccc2c1NC(=O)[C@@]21[NH2+][C@H](Cc2ccccc2)[C@H]2C(=O)NC(=O)[C@H]21. The molecule has 28 heavy (non-hydrogen) atoms. The van der Waals surface area contributed by atoms with Crippen molar-refractivity contribution in [1.82, 2.24) is 5.32 Å². The predicted octanol–water partition coefficient (Wildman–Crippen LogP) is 0.873. The van der Waals surface area contributed by atoms with Crippen molar-refractivity contribution in [2.45, 2.75) is 24.9 Å². The van der Waals surface area contributed by atoms with Crippen LogP contribution in [0, 0.1) is 18.8 Å². The smallest absolute Gasteiger partial charge is 0.291 e. The van der Waals surface area contributed by atoms with Gasteiger partial charge in [-0.05, 0) is 30.2 Å². The number of carbonyl (C=O) groups is 3. The second-order valence-corrected chi connectivity index (χ2v) is 8.20. The molecule has 3 amide bonds. The number of nitrogens with two attached hydrogens (primary N) is 1. The summed E-state index contributed by atoms with van der Waals surface area (Å²) in [6, 6.07) is 13.2. The van der Waals surface area contributed by atoms with Crippen LogP contribution in [0.3, 0.4) is 0 Å². The molecule has 3 aliphatic rings. The number of halogens is 1. The fourth-order valence-electron chi connectivity index (χ4n) is 5.15. The van der Waals surface area contributed by atoms with E-state index < -0.39 is 17.4 Å². The maximum absolute atomic E-state index is 13.2. The molecular formula is C21H19ClN3O3+. The number of anilines is 1. The van der Waals surface area contributed by atoms with Crippen molar-refractivity contribution in [3.8, 4) is 0 Å². The number of rotatable bonds is 2. The molecule has 4 atom stereocenters. The van der Waals surface area contributed by atoms with E-state index in [1.54, 1.807) is 12.1 Å². The summed E-state index contributed by atoms with van der Waals surface area (Å²) in [5.41, 5.74) is 2.07. The van der Waals surface area contributed by atoms with Crippen molar-refractivity contribution in [3.05, 3.63) is 64.2 Å². The fourth-order valence-corrected chi connectivity index (χ4v) is 5.31. The summed E-state index contributed by atoms with van der Waals surface area (Å²) in [4.78, 5) is 38.7. The monoisotopic (exact) mass is 396 g/mol. The first-order valence-corrected chi connectivity index (χ1v) is 9.67. The molecule has 5 rings (SSSR count). The average Bonchev–Trinajstić information content (AvgIpc) is 3.26. The second kappa shape index (κ2) is 5.90. The van der Waals surface area contributed by atoms with E-state index in [0.717, 1.165) is 16.7 Å². The average molecular weight is 397 g/mol. The molecular weight excluding hydrogens is 378 g/mol. The molecule has 0 aromatic heterocycles. The molecule has 4 N–H and O–H groups in total. The zero-order valence-electron chi connectivity index (χ0n) is 15.2. The lowest BCUT2D eigenvalue weighted by Gasteiger charge is -2.24. The molecule has 1 spiro atoms. The van der Waals surface area contributed by atoms with E-state index in [-0.39, 0.29) is 23.8 Å². The number of hydrogen-bond acceptors (Lipinski definition) is 3. The lowest BCUT2D eigenvalue weighted by atomic mass is 9.76. The highest BCUT2D eigenvalue weighted by Crippen LogP contribution is 2.49. The molecule has 2 aromatic carbocycles. The highest BCUT2D eigenvalue weighted by molar-refractivity contribution is 6.32. The summed E-state index contributed by atoms with van der Waals surface area (Å²) in [5.74, 6) is -2.23. The molecule has 6 nitrogen and oxygen atoms in total. The van der Waals surface area contributed by atoms with Crippen LogP contribution in [0.5, 0.6) is 0 Å². The molecule has 3 heterocycles. The summed E-state index contributed by atoms with van der Waals surface area (Å²) in [6.45, 7) is 1.84. The maximum atomic E-state index is 13.2. The topological polar surface area (TPSA) is 91.9 Å². The molecule has 2 aromatic rings. The Morgan fingerprint density at radius 2 is 1.79 bits per heavy atom. The molecule has 142 valence electrons. The minimum Gasteiger partial charge on any atom is -0.326 e. The van der Waals surface area contributed by atoms with E-state index in [1.165, 1.54) is 0 Å². The summed E-state index contributed by atoms with van der Waals surface area (Å²) in [5, 5.41) is 7.87. The second-order valence-electron chi connectivity index (χ2n) is 7.80. The van der Waals surface area contributed by atoms with Gasteiger partial charge in [0.15, 0.2) is 0 Å². The normalized spacial score (nSPS) is 30.4. The molecule has 0 unspecified atom stereocenters. The van der Waals surface area contributed by atoms with Gasteiger partial charge in [-0.15, -0.1) is 0 Å². The Morgan fingerprint density at radius 3 is 2.54 bits per heavy atom. The predicted molar refractivity (Wildman–Crippen MR) is 102 cm³/mol. The first-order chi connectivity index (χ1) is 13.4. The minimum absolute atomic E-state index is 0.216. The molecule has 2 fully saturated rings. The van der Waals surface area contributed by atoms with Crippen molar-refractivity contribution < 1.29 is 19.7 Å². The molecule has 0 saturated carbocycles. The van der Waals surface area contributed by atoms with Crippen molar-refractivity contribution in [3.63, 3.8) is 0 Å². The van der Waals surface area contributed by atoms with Crippen molar-refractivity contribution in [1.29, 1.82) is 0 Å². The number of nitrogens with one attached hydrogen (secondary N) is 2. The van der Waals surface area contributed by atoms with E-state index in [0.29, 0.717) is 17.1 Å². The molecule has 0 radical (unpaired) electrons. The number of quaternary nitrogens is 1. The van der Waals surface area contributed by atoms with E-state index in [9.17, 15) is 14.4 Å². The van der Waals surface area contributed by atoms with Crippen LogP contribution in [0.15, 0.2) is 42.5 Å². The van der Waals surface area contributed by atoms with Gasteiger partial charge in [0.05, 0.1) is 5.69 Å². The van der Waals surface area contributed by atoms with Crippen molar-refractivity contribution in [2.24, 2.45) is 11.8 Å². The van der Waals surface area contributed by atoms with Crippen LogP contribution >= 0.6 is 11.6 Å². The van der Waals surface area contributed by atoms with Crippen LogP contribution in [0.4, 0.5) is 5.69 Å². The van der Waals surface area contributed by atoms with Crippen LogP contribution in [0.2, 0.25) is 5.02 Å². The van der Waals surface area contributed by atoms with E-state index in [2.05, 4.69) is 10.6 Å². The summed E-state index contributed by atoms with van der Waals surface area (Å²) in [7, 11) is 0. The maximum Gasteiger partial charge on any atom is 0.291 e. The van der Waals surface area contributed by atoms with E-state index in [4.69, 9.17) is 11.6 Å². The zero-order chi connectivity index (χ0) is 19.6. The Labute approximate surface area is 166 Å². The Balaban J connectivity index is 1.65. The Morgan fingerprint density at radius 1 is 1.04 bits per heavy atom.